The predicted octanol–water partition coefficient (Wildman–Crippen LogP) is 3.11. The van der Waals surface area contributed by atoms with Crippen molar-refractivity contribution < 1.29 is 4.79 Å². The minimum absolute atomic E-state index is 0.299. The number of aryl methyl sites for hydroxylation is 1. The molecule has 0 saturated heterocycles. The fraction of sp³-hybridized carbons (Fsp3) is 0.222. The van der Waals surface area contributed by atoms with E-state index in [0.29, 0.717) is 6.67 Å². The Balaban J connectivity index is 2.34. The monoisotopic (exact) mass is 253 g/mol. The Kier molecular flexibility index (Phi) is 2.33. The average Bonchev–Trinajstić information content (AvgIpc) is 2.57. The van der Waals surface area contributed by atoms with Crippen molar-refractivity contribution in [2.24, 2.45) is 10.2 Å². The fourth-order valence-electron chi connectivity index (χ4n) is 1.26. The number of benzene rings is 1. The number of nitrogens with zero attached hydrogens (tertiary/aromatic N) is 3. The molecule has 14 heavy (non-hydrogen) atoms. The quantitative estimate of drug-likeness (QED) is 0.759. The molecule has 0 aliphatic carbocycles. The van der Waals surface area contributed by atoms with E-state index >= 15 is 0 Å². The first kappa shape index (κ1) is 9.33. The summed E-state index contributed by atoms with van der Waals surface area (Å²) in [6, 6.07) is 5.41. The van der Waals surface area contributed by atoms with Crippen LogP contribution in [-0.2, 0) is 0 Å². The maximum absolute atomic E-state index is 11.2. The summed E-state index contributed by atoms with van der Waals surface area (Å²) >= 11 is 3.40. The molecule has 5 heteroatoms. The highest BCUT2D eigenvalue weighted by atomic mass is 79.9. The number of amides is 2. The molecule has 72 valence electrons. The average molecular weight is 254 g/mol. The molecule has 0 aromatic heterocycles. The van der Waals surface area contributed by atoms with Gasteiger partial charge in [-0.25, -0.2) is 4.79 Å². The molecule has 1 heterocycles. The van der Waals surface area contributed by atoms with Crippen molar-refractivity contribution in [2.75, 3.05) is 11.6 Å². The molecule has 1 aromatic carbocycles. The first-order chi connectivity index (χ1) is 6.68. The first-order valence-electron chi connectivity index (χ1n) is 4.13. The molecule has 4 nitrogen and oxygen atoms in total. The van der Waals surface area contributed by atoms with E-state index in [1.807, 2.05) is 25.1 Å². The molecule has 0 bridgehead atoms. The standard InChI is InChI=1S/C9H8BrN3O/c1-6-4-7(2-3-8(6)10)13-5-11-12-9(13)14/h2-4H,5H2,1H3. The van der Waals surface area contributed by atoms with Gasteiger partial charge < -0.3 is 0 Å². The summed E-state index contributed by atoms with van der Waals surface area (Å²) in [5, 5.41) is 7.11. The minimum Gasteiger partial charge on any atom is -0.269 e. The molecule has 0 spiro atoms. The van der Waals surface area contributed by atoms with Crippen LogP contribution in [0.25, 0.3) is 0 Å². The van der Waals surface area contributed by atoms with Crippen LogP contribution >= 0.6 is 15.9 Å². The Hall–Kier alpha value is -1.23. The van der Waals surface area contributed by atoms with Gasteiger partial charge in [0.15, 0.2) is 0 Å². The Bertz CT molecular complexity index is 417. The lowest BCUT2D eigenvalue weighted by Gasteiger charge is -2.13. The Labute approximate surface area is 89.8 Å². The lowest BCUT2D eigenvalue weighted by atomic mass is 10.2. The molecule has 1 aliphatic heterocycles. The van der Waals surface area contributed by atoms with E-state index in [-0.39, 0.29) is 6.03 Å². The van der Waals surface area contributed by atoms with Crippen molar-refractivity contribution in [3.8, 4) is 0 Å². The van der Waals surface area contributed by atoms with E-state index in [1.165, 1.54) is 4.90 Å². The van der Waals surface area contributed by atoms with E-state index in [4.69, 9.17) is 0 Å². The lowest BCUT2D eigenvalue weighted by molar-refractivity contribution is 0.256. The van der Waals surface area contributed by atoms with Crippen LogP contribution in [0.15, 0.2) is 32.9 Å². The zero-order valence-corrected chi connectivity index (χ0v) is 9.15. The fourth-order valence-corrected chi connectivity index (χ4v) is 1.51. The maximum atomic E-state index is 11.2. The van der Waals surface area contributed by atoms with Crippen LogP contribution in [0.1, 0.15) is 5.56 Å². The number of anilines is 1. The molecule has 0 unspecified atom stereocenters. The van der Waals surface area contributed by atoms with Gasteiger partial charge in [0.05, 0.1) is 0 Å². The molecule has 1 aliphatic rings. The summed E-state index contributed by atoms with van der Waals surface area (Å²) in [6.45, 7) is 2.29. The van der Waals surface area contributed by atoms with Crippen molar-refractivity contribution in [2.45, 2.75) is 6.92 Å². The van der Waals surface area contributed by atoms with Gasteiger partial charge in [-0.2, -0.15) is 5.11 Å². The number of carbonyl (C=O) groups excluding carboxylic acids is 1. The second kappa shape index (κ2) is 3.49. The van der Waals surface area contributed by atoms with E-state index in [0.717, 1.165) is 15.7 Å². The van der Waals surface area contributed by atoms with E-state index in [9.17, 15) is 4.79 Å². The molecule has 0 saturated carbocycles. The number of carbonyl (C=O) groups is 1. The highest BCUT2D eigenvalue weighted by molar-refractivity contribution is 9.10. The van der Waals surface area contributed by atoms with E-state index in [2.05, 4.69) is 26.2 Å². The second-order valence-electron chi connectivity index (χ2n) is 3.03. The van der Waals surface area contributed by atoms with Crippen molar-refractivity contribution in [3.05, 3.63) is 28.2 Å². The molecule has 0 N–H and O–H groups in total. The summed E-state index contributed by atoms with van der Waals surface area (Å²) < 4.78 is 1.03. The van der Waals surface area contributed by atoms with Gasteiger partial charge in [0, 0.05) is 10.2 Å². The van der Waals surface area contributed by atoms with Crippen LogP contribution in [-0.4, -0.2) is 12.7 Å². The van der Waals surface area contributed by atoms with Crippen molar-refractivity contribution in [1.29, 1.82) is 0 Å². The third kappa shape index (κ3) is 1.55. The lowest BCUT2D eigenvalue weighted by Crippen LogP contribution is -2.23. The van der Waals surface area contributed by atoms with Crippen molar-refractivity contribution in [3.63, 3.8) is 0 Å². The van der Waals surface area contributed by atoms with Gasteiger partial charge in [0.1, 0.15) is 6.67 Å². The Morgan fingerprint density at radius 3 is 2.86 bits per heavy atom. The SMILES string of the molecule is Cc1cc(N2CN=NC2=O)ccc1Br. The van der Waals surface area contributed by atoms with Gasteiger partial charge in [0.2, 0.25) is 0 Å². The Morgan fingerprint density at radius 1 is 1.50 bits per heavy atom. The van der Waals surface area contributed by atoms with Crippen molar-refractivity contribution >= 4 is 27.6 Å². The van der Waals surface area contributed by atoms with Crippen LogP contribution in [0, 0.1) is 6.92 Å². The van der Waals surface area contributed by atoms with Crippen LogP contribution in [0.4, 0.5) is 10.5 Å². The van der Waals surface area contributed by atoms with Gasteiger partial charge in [-0.3, -0.25) is 4.90 Å². The topological polar surface area (TPSA) is 45.0 Å². The minimum atomic E-state index is -0.299. The third-order valence-electron chi connectivity index (χ3n) is 2.05. The normalized spacial score (nSPS) is 15.3. The molecule has 1 aromatic rings. The molecule has 0 fully saturated rings. The van der Waals surface area contributed by atoms with Crippen LogP contribution in [0.3, 0.4) is 0 Å². The van der Waals surface area contributed by atoms with Gasteiger partial charge in [-0.15, -0.1) is 0 Å². The molecular formula is C9H8BrN3O. The van der Waals surface area contributed by atoms with Gasteiger partial charge >= 0.3 is 6.03 Å². The van der Waals surface area contributed by atoms with Gasteiger partial charge in [-0.1, -0.05) is 21.0 Å². The Morgan fingerprint density at radius 2 is 2.29 bits per heavy atom. The number of azo groups is 1. The zero-order valence-electron chi connectivity index (χ0n) is 7.57. The summed E-state index contributed by atoms with van der Waals surface area (Å²) in [4.78, 5) is 12.8. The zero-order chi connectivity index (χ0) is 10.1. The van der Waals surface area contributed by atoms with E-state index in [1.54, 1.807) is 0 Å². The van der Waals surface area contributed by atoms with Gasteiger partial charge in [-0.05, 0) is 30.7 Å². The molecule has 0 atom stereocenters. The van der Waals surface area contributed by atoms with Crippen LogP contribution < -0.4 is 4.90 Å². The smallest absolute Gasteiger partial charge is 0.269 e. The maximum Gasteiger partial charge on any atom is 0.367 e. The highest BCUT2D eigenvalue weighted by Gasteiger charge is 2.19. The number of rotatable bonds is 1. The first-order valence-corrected chi connectivity index (χ1v) is 4.93. The largest absolute Gasteiger partial charge is 0.367 e. The molecule has 2 amide bonds. The summed E-state index contributed by atoms with van der Waals surface area (Å²) in [7, 11) is 0. The van der Waals surface area contributed by atoms with Crippen molar-refractivity contribution in [1.82, 2.24) is 0 Å². The van der Waals surface area contributed by atoms with E-state index < -0.39 is 0 Å². The third-order valence-corrected chi connectivity index (χ3v) is 2.93. The summed E-state index contributed by atoms with van der Waals surface area (Å²) in [5.74, 6) is 0. The predicted molar refractivity (Wildman–Crippen MR) is 56.5 cm³/mol. The van der Waals surface area contributed by atoms with Gasteiger partial charge in [0.25, 0.3) is 0 Å². The van der Waals surface area contributed by atoms with Crippen LogP contribution in [0.5, 0.6) is 0 Å². The highest BCUT2D eigenvalue weighted by Crippen LogP contribution is 2.24. The second-order valence-corrected chi connectivity index (χ2v) is 3.88. The summed E-state index contributed by atoms with van der Waals surface area (Å²) in [6.07, 6.45) is 0. The number of halogens is 1. The molecular weight excluding hydrogens is 246 g/mol. The van der Waals surface area contributed by atoms with Crippen LogP contribution in [0.2, 0.25) is 0 Å². The number of hydrogen-bond donors (Lipinski definition) is 0. The molecule has 0 radical (unpaired) electrons. The summed E-state index contributed by atoms with van der Waals surface area (Å²) in [5.41, 5.74) is 1.92. The number of urea groups is 1. The number of hydrogen-bond acceptors (Lipinski definition) is 2. The molecule has 2 rings (SSSR count).